The van der Waals surface area contributed by atoms with Gasteiger partial charge in [-0.05, 0) is 43.0 Å². The molecule has 20 heavy (non-hydrogen) atoms. The van der Waals surface area contributed by atoms with Crippen LogP contribution >= 0.6 is 15.9 Å². The van der Waals surface area contributed by atoms with Gasteiger partial charge in [0, 0.05) is 10.9 Å². The van der Waals surface area contributed by atoms with Crippen LogP contribution in [0.25, 0.3) is 0 Å². The number of nitrogens with zero attached hydrogens (tertiary/aromatic N) is 2. The molecular formula is C15H18BrN3O. The van der Waals surface area contributed by atoms with Crippen molar-refractivity contribution in [3.8, 4) is 0 Å². The Morgan fingerprint density at radius 1 is 1.45 bits per heavy atom. The predicted molar refractivity (Wildman–Crippen MR) is 80.4 cm³/mol. The topological polar surface area (TPSA) is 51.0 Å². The van der Waals surface area contributed by atoms with E-state index < -0.39 is 0 Å². The maximum atomic E-state index is 5.42. The summed E-state index contributed by atoms with van der Waals surface area (Å²) < 4.78 is 6.49. The lowest BCUT2D eigenvalue weighted by atomic mass is 9.94. The second kappa shape index (κ2) is 6.06. The monoisotopic (exact) mass is 335 g/mol. The molecule has 1 saturated heterocycles. The van der Waals surface area contributed by atoms with E-state index in [0.29, 0.717) is 12.3 Å². The highest BCUT2D eigenvalue weighted by molar-refractivity contribution is 9.10. The number of halogens is 1. The SMILES string of the molecule is CC1CCNC(c2nc(Cc3cccc(Br)c3)no2)C1. The van der Waals surface area contributed by atoms with E-state index in [1.165, 1.54) is 12.0 Å². The van der Waals surface area contributed by atoms with Crippen LogP contribution in [0.5, 0.6) is 0 Å². The Labute approximate surface area is 127 Å². The van der Waals surface area contributed by atoms with Gasteiger partial charge in [-0.15, -0.1) is 0 Å². The summed E-state index contributed by atoms with van der Waals surface area (Å²) in [7, 11) is 0. The first kappa shape index (κ1) is 13.8. The first-order valence-corrected chi connectivity index (χ1v) is 7.80. The van der Waals surface area contributed by atoms with Gasteiger partial charge in [0.2, 0.25) is 5.89 Å². The molecule has 2 heterocycles. The minimum Gasteiger partial charge on any atom is -0.338 e. The summed E-state index contributed by atoms with van der Waals surface area (Å²) in [6.07, 6.45) is 2.99. The number of hydrogen-bond acceptors (Lipinski definition) is 4. The smallest absolute Gasteiger partial charge is 0.243 e. The van der Waals surface area contributed by atoms with E-state index in [2.05, 4.69) is 50.4 Å². The Morgan fingerprint density at radius 3 is 3.15 bits per heavy atom. The molecule has 0 saturated carbocycles. The number of rotatable bonds is 3. The Hall–Kier alpha value is -1.20. The van der Waals surface area contributed by atoms with E-state index >= 15 is 0 Å². The molecule has 4 nitrogen and oxygen atoms in total. The number of nitrogens with one attached hydrogen (secondary N) is 1. The van der Waals surface area contributed by atoms with Crippen LogP contribution in [0.3, 0.4) is 0 Å². The fourth-order valence-corrected chi connectivity index (χ4v) is 3.05. The predicted octanol–water partition coefficient (Wildman–Crippen LogP) is 3.48. The molecule has 1 aliphatic heterocycles. The molecule has 2 atom stereocenters. The summed E-state index contributed by atoms with van der Waals surface area (Å²) in [6.45, 7) is 3.29. The minimum absolute atomic E-state index is 0.211. The number of benzene rings is 1. The Bertz CT molecular complexity index is 584. The normalized spacial score (nSPS) is 22.9. The summed E-state index contributed by atoms with van der Waals surface area (Å²) in [5.74, 6) is 2.18. The maximum absolute atomic E-state index is 5.42. The highest BCUT2D eigenvalue weighted by atomic mass is 79.9. The van der Waals surface area contributed by atoms with Gasteiger partial charge in [-0.2, -0.15) is 4.98 Å². The van der Waals surface area contributed by atoms with Crippen molar-refractivity contribution in [2.24, 2.45) is 5.92 Å². The molecule has 1 aromatic heterocycles. The second-order valence-electron chi connectivity index (χ2n) is 5.49. The molecule has 0 bridgehead atoms. The highest BCUT2D eigenvalue weighted by Crippen LogP contribution is 2.26. The van der Waals surface area contributed by atoms with Crippen LogP contribution in [0.2, 0.25) is 0 Å². The average Bonchev–Trinajstić information content (AvgIpc) is 2.87. The van der Waals surface area contributed by atoms with E-state index in [1.54, 1.807) is 0 Å². The summed E-state index contributed by atoms with van der Waals surface area (Å²) in [4.78, 5) is 4.54. The molecule has 0 aliphatic carbocycles. The Morgan fingerprint density at radius 2 is 2.35 bits per heavy atom. The average molecular weight is 336 g/mol. The van der Waals surface area contributed by atoms with Gasteiger partial charge in [-0.1, -0.05) is 40.1 Å². The summed E-state index contributed by atoms with van der Waals surface area (Å²) in [5, 5.41) is 7.55. The number of aromatic nitrogens is 2. The van der Waals surface area contributed by atoms with E-state index in [9.17, 15) is 0 Å². The molecule has 1 N–H and O–H groups in total. The molecule has 106 valence electrons. The molecule has 1 fully saturated rings. The van der Waals surface area contributed by atoms with Crippen molar-refractivity contribution >= 4 is 15.9 Å². The van der Waals surface area contributed by atoms with Crippen LogP contribution in [0.1, 0.15) is 43.1 Å². The molecule has 2 aromatic rings. The maximum Gasteiger partial charge on any atom is 0.243 e. The van der Waals surface area contributed by atoms with Crippen molar-refractivity contribution in [1.82, 2.24) is 15.5 Å². The van der Waals surface area contributed by atoms with Gasteiger partial charge in [0.15, 0.2) is 5.82 Å². The van der Waals surface area contributed by atoms with Gasteiger partial charge < -0.3 is 9.84 Å². The van der Waals surface area contributed by atoms with Crippen LogP contribution in [-0.2, 0) is 6.42 Å². The van der Waals surface area contributed by atoms with Crippen LogP contribution in [0, 0.1) is 5.92 Å². The number of hydrogen-bond donors (Lipinski definition) is 1. The lowest BCUT2D eigenvalue weighted by molar-refractivity contribution is 0.259. The van der Waals surface area contributed by atoms with Gasteiger partial charge in [0.25, 0.3) is 0 Å². The Kier molecular flexibility index (Phi) is 4.17. The van der Waals surface area contributed by atoms with Crippen molar-refractivity contribution < 1.29 is 4.52 Å². The van der Waals surface area contributed by atoms with Crippen LogP contribution < -0.4 is 5.32 Å². The largest absolute Gasteiger partial charge is 0.338 e. The zero-order valence-corrected chi connectivity index (χ0v) is 13.1. The lowest BCUT2D eigenvalue weighted by Gasteiger charge is -2.25. The number of piperidine rings is 1. The minimum atomic E-state index is 0.211. The van der Waals surface area contributed by atoms with Crippen LogP contribution in [0.15, 0.2) is 33.3 Å². The van der Waals surface area contributed by atoms with Gasteiger partial charge in [0.1, 0.15) is 0 Å². The van der Waals surface area contributed by atoms with Gasteiger partial charge in [-0.25, -0.2) is 0 Å². The first-order valence-electron chi connectivity index (χ1n) is 7.01. The molecule has 5 heteroatoms. The van der Waals surface area contributed by atoms with Gasteiger partial charge >= 0.3 is 0 Å². The van der Waals surface area contributed by atoms with Crippen molar-refractivity contribution in [1.29, 1.82) is 0 Å². The van der Waals surface area contributed by atoms with Crippen molar-refractivity contribution in [3.63, 3.8) is 0 Å². The molecular weight excluding hydrogens is 318 g/mol. The zero-order valence-electron chi connectivity index (χ0n) is 11.5. The molecule has 2 unspecified atom stereocenters. The molecule has 1 aliphatic rings. The fourth-order valence-electron chi connectivity index (χ4n) is 2.61. The summed E-state index contributed by atoms with van der Waals surface area (Å²) in [5.41, 5.74) is 1.18. The molecule has 0 spiro atoms. The first-order chi connectivity index (χ1) is 9.70. The third-order valence-corrected chi connectivity index (χ3v) is 4.19. The van der Waals surface area contributed by atoms with E-state index in [0.717, 1.165) is 29.2 Å². The summed E-state index contributed by atoms with van der Waals surface area (Å²) >= 11 is 3.48. The third-order valence-electron chi connectivity index (χ3n) is 3.70. The van der Waals surface area contributed by atoms with Crippen LogP contribution in [0.4, 0.5) is 0 Å². The molecule has 1 aromatic carbocycles. The van der Waals surface area contributed by atoms with Crippen molar-refractivity contribution in [2.45, 2.75) is 32.2 Å². The quantitative estimate of drug-likeness (QED) is 0.932. The zero-order chi connectivity index (χ0) is 13.9. The van der Waals surface area contributed by atoms with Gasteiger partial charge in [-0.3, -0.25) is 0 Å². The molecule has 0 amide bonds. The van der Waals surface area contributed by atoms with Gasteiger partial charge in [0.05, 0.1) is 6.04 Å². The van der Waals surface area contributed by atoms with Crippen LogP contribution in [-0.4, -0.2) is 16.7 Å². The second-order valence-corrected chi connectivity index (χ2v) is 6.41. The fraction of sp³-hybridized carbons (Fsp3) is 0.467. The van der Waals surface area contributed by atoms with E-state index in [1.807, 2.05) is 12.1 Å². The highest BCUT2D eigenvalue weighted by Gasteiger charge is 2.24. The third kappa shape index (κ3) is 3.27. The van der Waals surface area contributed by atoms with E-state index in [4.69, 9.17) is 4.52 Å². The Balaban J connectivity index is 1.70. The molecule has 3 rings (SSSR count). The standard InChI is InChI=1S/C15H18BrN3O/c1-10-5-6-17-13(7-10)15-18-14(19-20-15)9-11-3-2-4-12(16)8-11/h2-4,8,10,13,17H,5-7,9H2,1H3. The van der Waals surface area contributed by atoms with Crippen molar-refractivity contribution in [2.75, 3.05) is 6.54 Å². The summed E-state index contributed by atoms with van der Waals surface area (Å²) in [6, 6.07) is 8.39. The van der Waals surface area contributed by atoms with Crippen molar-refractivity contribution in [3.05, 3.63) is 46.0 Å². The van der Waals surface area contributed by atoms with E-state index in [-0.39, 0.29) is 6.04 Å². The lowest BCUT2D eigenvalue weighted by Crippen LogP contribution is -2.30. The molecule has 0 radical (unpaired) electrons.